The smallest absolute Gasteiger partial charge is 0.238 e. The summed E-state index contributed by atoms with van der Waals surface area (Å²) in [6, 6.07) is 147. The van der Waals surface area contributed by atoms with Gasteiger partial charge in [-0.2, -0.15) is 9.97 Å². The topological polar surface area (TPSA) is 106 Å². The van der Waals surface area contributed by atoms with Crippen molar-refractivity contribution in [1.29, 1.82) is 0 Å². The molecule has 10 heterocycles. The lowest BCUT2D eigenvalue weighted by Gasteiger charge is -2.34. The van der Waals surface area contributed by atoms with Gasteiger partial charge < -0.3 is 0 Å². The van der Waals surface area contributed by atoms with Gasteiger partial charge in [0.1, 0.15) is 11.6 Å². The molecule has 0 unspecified atom stereocenters. The average Bonchev–Trinajstić information content (AvgIpc) is 1.57. The summed E-state index contributed by atoms with van der Waals surface area (Å²) in [5, 5.41) is 18.6. The van der Waals surface area contributed by atoms with Gasteiger partial charge in [-0.3, -0.25) is 22.5 Å². The maximum Gasteiger partial charge on any atom is 0.238 e. The summed E-state index contributed by atoms with van der Waals surface area (Å²) >= 11 is 3.68. The van der Waals surface area contributed by atoms with Crippen molar-refractivity contribution in [1.82, 2.24) is 57.0 Å². The number of hydrogen-bond donors (Lipinski definition) is 0. The molecule has 16 aromatic carbocycles. The maximum atomic E-state index is 6.16. The van der Waals surface area contributed by atoms with Crippen LogP contribution < -0.4 is 41.8 Å². The van der Waals surface area contributed by atoms with Crippen molar-refractivity contribution in [3.05, 3.63) is 400 Å². The number of nitrogens with zero attached hydrogens (tertiary/aromatic N) is 12. The van der Waals surface area contributed by atoms with Gasteiger partial charge in [0.15, 0.2) is 0 Å². The summed E-state index contributed by atoms with van der Waals surface area (Å²) in [6.45, 7) is 0. The van der Waals surface area contributed by atoms with Crippen LogP contribution in [0.1, 0.15) is 0 Å². The number of thiophene rings is 2. The molecule has 0 N–H and O–H groups in total. The number of benzene rings is 16. The molecule has 0 aliphatic carbocycles. The first kappa shape index (κ1) is 68.7. The molecule has 570 valence electrons. The summed E-state index contributed by atoms with van der Waals surface area (Å²) in [5.41, 5.74) is 13.7. The van der Waals surface area contributed by atoms with E-state index in [4.69, 9.17) is 29.9 Å². The van der Waals surface area contributed by atoms with E-state index >= 15 is 0 Å². The minimum atomic E-state index is -3.53. The summed E-state index contributed by atoms with van der Waals surface area (Å²) in [5.74, 6) is 3.97. The van der Waals surface area contributed by atoms with E-state index in [9.17, 15) is 0 Å². The molecule has 0 atom stereocenters. The third kappa shape index (κ3) is 9.93. The highest BCUT2D eigenvalue weighted by Gasteiger charge is 2.47. The number of para-hydroxylation sites is 9. The molecule has 10 aromatic heterocycles. The highest BCUT2D eigenvalue weighted by molar-refractivity contribution is 7.26. The van der Waals surface area contributed by atoms with Gasteiger partial charge in [0.05, 0.1) is 66.2 Å². The van der Waals surface area contributed by atoms with E-state index in [1.165, 1.54) is 71.5 Å². The zero-order valence-electron chi connectivity index (χ0n) is 65.3. The van der Waals surface area contributed by atoms with Crippen LogP contribution in [0.3, 0.4) is 0 Å². The molecule has 12 nitrogen and oxygen atoms in total. The summed E-state index contributed by atoms with van der Waals surface area (Å²) in [4.78, 5) is 35.4. The molecule has 0 spiro atoms. The Bertz CT molecular complexity index is 8690. The van der Waals surface area contributed by atoms with E-state index in [2.05, 4.69) is 427 Å². The Kier molecular flexibility index (Phi) is 15.0. The van der Waals surface area contributed by atoms with E-state index in [1.807, 2.05) is 22.7 Å². The van der Waals surface area contributed by atoms with Crippen molar-refractivity contribution in [3.63, 3.8) is 0 Å². The monoisotopic (exact) mass is 1630 g/mol. The second kappa shape index (κ2) is 26.6. The number of hydrogen-bond acceptors (Lipinski definition) is 8. The maximum absolute atomic E-state index is 6.16. The second-order valence-electron chi connectivity index (χ2n) is 31.7. The molecule has 0 saturated heterocycles. The number of fused-ring (bicyclic) bond motifs is 22. The van der Waals surface area contributed by atoms with Crippen molar-refractivity contribution in [3.8, 4) is 34.7 Å². The lowest BCUT2D eigenvalue weighted by atomic mass is 10.0. The van der Waals surface area contributed by atoms with Gasteiger partial charge in [0.2, 0.25) is 39.6 Å². The van der Waals surface area contributed by atoms with Crippen LogP contribution in [0.5, 0.6) is 0 Å². The van der Waals surface area contributed by atoms with E-state index in [0.29, 0.717) is 23.5 Å². The first-order valence-corrected chi connectivity index (χ1v) is 46.8. The van der Waals surface area contributed by atoms with Gasteiger partial charge >= 0.3 is 0 Å². The van der Waals surface area contributed by atoms with Crippen LogP contribution in [-0.2, 0) is 0 Å². The molecule has 26 rings (SSSR count). The molecule has 0 aliphatic rings. The lowest BCUT2D eigenvalue weighted by Crippen LogP contribution is -2.75. The van der Waals surface area contributed by atoms with E-state index in [0.717, 1.165) is 121 Å². The van der Waals surface area contributed by atoms with Crippen LogP contribution in [0.15, 0.2) is 400 Å². The predicted octanol–water partition coefficient (Wildman–Crippen LogP) is 20.1. The molecule has 0 fully saturated rings. The fourth-order valence-electron chi connectivity index (χ4n) is 20.1. The Morgan fingerprint density at radius 3 is 1.07 bits per heavy atom. The van der Waals surface area contributed by atoms with E-state index in [-0.39, 0.29) is 0 Å². The Balaban J connectivity index is 0.691. The minimum absolute atomic E-state index is 0.485. The van der Waals surface area contributed by atoms with Crippen LogP contribution in [0, 0.1) is 0 Å². The predicted molar refractivity (Wildman–Crippen MR) is 511 cm³/mol. The largest absolute Gasteiger partial charge is 0.294 e. The third-order valence-electron chi connectivity index (χ3n) is 25.4. The molecular weight excluding hydrogens is 1560 g/mol. The Labute approximate surface area is 707 Å². The summed E-state index contributed by atoms with van der Waals surface area (Å²) in [7, 11) is -6.98. The van der Waals surface area contributed by atoms with Gasteiger partial charge in [-0.1, -0.05) is 285 Å². The molecule has 0 aliphatic heterocycles. The average molecular weight is 1630 g/mol. The molecule has 0 amide bonds. The number of rotatable bonds is 13. The van der Waals surface area contributed by atoms with Gasteiger partial charge in [-0.25, -0.2) is 24.5 Å². The van der Waals surface area contributed by atoms with Crippen molar-refractivity contribution in [2.45, 2.75) is 0 Å². The van der Waals surface area contributed by atoms with Crippen LogP contribution in [-0.4, -0.2) is 73.1 Å². The standard InChI is InChI=1S/C106H66N12S2Si2/c1-5-29-69(30-6-1)121(70-31-7-2-8-32-70,73-55-59-97-81(63-73)78-40-16-27-51-95(78)119-97)101-65-99(109-103(111-101)114-86-44-20-13-37-75(86)76-38-14-21-45-87(76)114)113-85-43-19-15-39-77(85)80-61-67(53-57-88(80)113)68-54-58-90-84(62-68)108-106-116(90)92-48-24-26-50-94(92)118(106)104-110-100(117-93-49-25-23-47-91(93)115-89-46-22-18-42-83(89)107-105(115)117)66-102(112-104)122(71-33-9-3-10-34-71,72-35-11-4-12-36-72)74-56-60-98-82(64-74)79-41-17-28-52-96(79)120-98/h1-66H. The Morgan fingerprint density at radius 2 is 0.549 bits per heavy atom. The molecule has 26 aromatic rings. The van der Waals surface area contributed by atoms with Crippen molar-refractivity contribution >= 4 is 220 Å². The van der Waals surface area contributed by atoms with Crippen LogP contribution in [0.2, 0.25) is 0 Å². The van der Waals surface area contributed by atoms with Crippen LogP contribution in [0.4, 0.5) is 0 Å². The SMILES string of the molecule is c1ccc([Si](c2ccccc2)(c2ccc3sc4ccccc4c3c2)c2cc(-n3c4ccccc4c4cc(-c5ccc6c(c5)nc5n(-c7nc(-n8c9ccccc9n9c%10ccccc%10nc89)cc([Si](c8ccccc8)(c8ccccc8)c8ccc9sc%10ccccc%10c9c8)n7)c7ccccc7n65)ccc43)nc(-n3c4ccccc4c4ccccc43)n2)cc1. The lowest BCUT2D eigenvalue weighted by molar-refractivity contribution is 0.936. The quantitative estimate of drug-likeness (QED) is 0.0841. The highest BCUT2D eigenvalue weighted by atomic mass is 32.1. The summed E-state index contributed by atoms with van der Waals surface area (Å²) in [6.07, 6.45) is 0. The van der Waals surface area contributed by atoms with Gasteiger partial charge in [0, 0.05) is 78.6 Å². The number of aromatic nitrogens is 12. The van der Waals surface area contributed by atoms with E-state index < -0.39 is 16.1 Å². The fraction of sp³-hybridized carbons (Fsp3) is 0. The first-order chi connectivity index (χ1) is 60.5. The molecule has 122 heavy (non-hydrogen) atoms. The molecule has 0 radical (unpaired) electrons. The van der Waals surface area contributed by atoms with E-state index in [1.54, 1.807) is 0 Å². The second-order valence-corrected chi connectivity index (χ2v) is 41.4. The zero-order valence-corrected chi connectivity index (χ0v) is 68.9. The van der Waals surface area contributed by atoms with Crippen LogP contribution >= 0.6 is 22.7 Å². The van der Waals surface area contributed by atoms with Crippen molar-refractivity contribution < 1.29 is 0 Å². The molecule has 16 heteroatoms. The highest BCUT2D eigenvalue weighted by Crippen LogP contribution is 2.41. The van der Waals surface area contributed by atoms with Gasteiger partial charge in [-0.15, -0.1) is 22.7 Å². The van der Waals surface area contributed by atoms with Gasteiger partial charge in [0.25, 0.3) is 0 Å². The van der Waals surface area contributed by atoms with Crippen molar-refractivity contribution in [2.75, 3.05) is 0 Å². The molecular formula is C106H66N12S2Si2. The molecule has 0 bridgehead atoms. The van der Waals surface area contributed by atoms with Crippen molar-refractivity contribution in [2.24, 2.45) is 0 Å². The molecule has 0 saturated carbocycles. The third-order valence-corrected chi connectivity index (χ3v) is 36.9. The number of imidazole rings is 4. The minimum Gasteiger partial charge on any atom is -0.294 e. The van der Waals surface area contributed by atoms with Gasteiger partial charge in [-0.05, 0) is 151 Å². The Hall–Kier alpha value is -15.3. The zero-order chi connectivity index (χ0) is 79.9. The summed E-state index contributed by atoms with van der Waals surface area (Å²) < 4.78 is 18.7. The normalized spacial score (nSPS) is 12.4. The fourth-order valence-corrected chi connectivity index (χ4v) is 31.4. The Morgan fingerprint density at radius 1 is 0.197 bits per heavy atom. The van der Waals surface area contributed by atoms with Crippen LogP contribution in [0.25, 0.3) is 174 Å². The first-order valence-electron chi connectivity index (χ1n) is 41.1.